The summed E-state index contributed by atoms with van der Waals surface area (Å²) in [5, 5.41) is 7.71. The molecule has 2 fully saturated rings. The summed E-state index contributed by atoms with van der Waals surface area (Å²) in [6.45, 7) is 10.0. The molecule has 0 aromatic heterocycles. The van der Waals surface area contributed by atoms with Crippen LogP contribution in [-0.4, -0.2) is 75.9 Å². The number of ether oxygens (including phenoxy) is 4. The second-order valence-corrected chi connectivity index (χ2v) is 10.8. The van der Waals surface area contributed by atoms with Crippen LogP contribution in [0.4, 0.5) is 4.79 Å². The summed E-state index contributed by atoms with van der Waals surface area (Å²) in [4.78, 5) is 45.4. The van der Waals surface area contributed by atoms with Gasteiger partial charge in [-0.2, -0.15) is 0 Å². The molecule has 3 aromatic rings. The van der Waals surface area contributed by atoms with E-state index in [1.54, 1.807) is 7.11 Å². The number of hydrogen-bond donors (Lipinski definition) is 3. The molecule has 0 aliphatic carbocycles. The molecule has 3 unspecified atom stereocenters. The minimum atomic E-state index is -0.633. The number of alkyl carbamates (subject to hydrolysis) is 1. The first-order chi connectivity index (χ1) is 23.3. The van der Waals surface area contributed by atoms with Gasteiger partial charge in [0.05, 0.1) is 39.5 Å². The van der Waals surface area contributed by atoms with Crippen molar-refractivity contribution in [2.24, 2.45) is 5.92 Å². The van der Waals surface area contributed by atoms with E-state index >= 15 is 0 Å². The zero-order valence-corrected chi connectivity index (χ0v) is 28.5. The highest BCUT2D eigenvalue weighted by Crippen LogP contribution is 2.16. The summed E-state index contributed by atoms with van der Waals surface area (Å²) in [6.07, 6.45) is 0.0700. The van der Waals surface area contributed by atoms with E-state index < -0.39 is 18.1 Å². The molecule has 11 nitrogen and oxygen atoms in total. The maximum Gasteiger partial charge on any atom is 0.407 e. The number of aryl methyl sites for hydroxylation is 1. The van der Waals surface area contributed by atoms with Gasteiger partial charge in [0, 0.05) is 12.0 Å². The minimum Gasteiger partial charge on any atom is -0.497 e. The van der Waals surface area contributed by atoms with Crippen LogP contribution in [-0.2, 0) is 41.6 Å². The number of amides is 3. The number of rotatable bonds is 13. The first kappa shape index (κ1) is 39.4. The third kappa shape index (κ3) is 15.7. The first-order valence-electron chi connectivity index (χ1n) is 16.1. The predicted octanol–water partition coefficient (Wildman–Crippen LogP) is 4.41. The molecule has 2 aliphatic rings. The van der Waals surface area contributed by atoms with Crippen LogP contribution >= 0.6 is 0 Å². The van der Waals surface area contributed by atoms with Crippen molar-refractivity contribution in [1.82, 2.24) is 16.0 Å². The molecular weight excluding hydrogens is 614 g/mol. The van der Waals surface area contributed by atoms with Gasteiger partial charge in [-0.25, -0.2) is 4.79 Å². The summed E-state index contributed by atoms with van der Waals surface area (Å²) in [7, 11) is 1.67. The van der Waals surface area contributed by atoms with Crippen LogP contribution in [0.15, 0.2) is 84.9 Å². The molecule has 0 spiro atoms. The molecule has 2 aliphatic heterocycles. The summed E-state index contributed by atoms with van der Waals surface area (Å²) in [6, 6.07) is 26.5. The molecule has 3 aromatic carbocycles. The lowest BCUT2D eigenvalue weighted by Crippen LogP contribution is -2.47. The van der Waals surface area contributed by atoms with Crippen LogP contribution in [0.1, 0.15) is 37.5 Å². The number of nitrogens with one attached hydrogen (secondary N) is 3. The molecule has 5 rings (SSSR count). The molecule has 0 saturated carbocycles. The average Bonchev–Trinajstić information content (AvgIpc) is 3.94. The fraction of sp³-hybridized carbons (Fsp3) is 0.405. The highest BCUT2D eigenvalue weighted by molar-refractivity contribution is 5.94. The lowest BCUT2D eigenvalue weighted by atomic mass is 10.0. The molecule has 3 atom stereocenters. The standard InChI is InChI=1S/C14H16N2O4.C13H17NO3.C8H10O.C2H6/c17-9-15-7-13(18)16-11(14(19)12-8-20-12)6-10-4-2-1-3-5-10;1-10(12-8-16-9-12)14-13(15)17-7-11-5-3-2-4-6-11;1-7-3-5-8(9-2)6-4-7;1-2/h1-5,9,11-12H,6-8H2,(H,15,17)(H,16,18);2-6,10,12H,7-9H2,1H3,(H,14,15);3-6H,1-2H3;1-2H3. The number of benzene rings is 3. The second kappa shape index (κ2) is 22.7. The Hall–Kier alpha value is -4.74. The van der Waals surface area contributed by atoms with Crippen LogP contribution in [0.25, 0.3) is 0 Å². The Morgan fingerprint density at radius 3 is 1.96 bits per heavy atom. The van der Waals surface area contributed by atoms with Gasteiger partial charge in [0.25, 0.3) is 0 Å². The molecule has 2 heterocycles. The monoisotopic (exact) mass is 663 g/mol. The molecule has 3 amide bonds. The van der Waals surface area contributed by atoms with Gasteiger partial charge in [-0.3, -0.25) is 14.4 Å². The number of hydrogen-bond acceptors (Lipinski definition) is 8. The highest BCUT2D eigenvalue weighted by Gasteiger charge is 2.37. The Morgan fingerprint density at radius 1 is 0.875 bits per heavy atom. The Labute approximate surface area is 283 Å². The number of Topliss-reactive ketones (excluding diaryl/α,β-unsaturated/α-hetero) is 1. The summed E-state index contributed by atoms with van der Waals surface area (Å²) in [5.41, 5.74) is 3.20. The molecule has 2 saturated heterocycles. The molecule has 11 heteroatoms. The molecule has 260 valence electrons. The fourth-order valence-corrected chi connectivity index (χ4v) is 4.17. The molecular formula is C37H49N3O8. The predicted molar refractivity (Wildman–Crippen MR) is 184 cm³/mol. The van der Waals surface area contributed by atoms with Crippen molar-refractivity contribution < 1.29 is 38.1 Å². The number of ketones is 1. The fourth-order valence-electron chi connectivity index (χ4n) is 4.17. The lowest BCUT2D eigenvalue weighted by molar-refractivity contribution is -0.128. The summed E-state index contributed by atoms with van der Waals surface area (Å²) >= 11 is 0. The third-order valence-electron chi connectivity index (χ3n) is 7.14. The van der Waals surface area contributed by atoms with E-state index in [1.165, 1.54) is 5.56 Å². The van der Waals surface area contributed by atoms with E-state index in [4.69, 9.17) is 18.9 Å². The van der Waals surface area contributed by atoms with Crippen LogP contribution in [0.2, 0.25) is 0 Å². The molecule has 48 heavy (non-hydrogen) atoms. The Bertz CT molecular complexity index is 1350. The topological polar surface area (TPSA) is 145 Å². The van der Waals surface area contributed by atoms with Gasteiger partial charge < -0.3 is 34.9 Å². The van der Waals surface area contributed by atoms with Gasteiger partial charge in [0.15, 0.2) is 5.78 Å². The zero-order valence-electron chi connectivity index (χ0n) is 28.5. The number of epoxide rings is 1. The third-order valence-corrected chi connectivity index (χ3v) is 7.14. The van der Waals surface area contributed by atoms with E-state index in [9.17, 15) is 19.2 Å². The van der Waals surface area contributed by atoms with Crippen molar-refractivity contribution in [2.75, 3.05) is 33.5 Å². The number of carbonyl (C=O) groups is 4. The van der Waals surface area contributed by atoms with Crippen LogP contribution in [0.5, 0.6) is 5.75 Å². The van der Waals surface area contributed by atoms with E-state index in [2.05, 4.69) is 22.9 Å². The van der Waals surface area contributed by atoms with Crippen molar-refractivity contribution in [3.05, 3.63) is 102 Å². The van der Waals surface area contributed by atoms with Gasteiger partial charge in [-0.1, -0.05) is 92.2 Å². The number of carbonyl (C=O) groups excluding carboxylic acids is 4. The van der Waals surface area contributed by atoms with Gasteiger partial charge >= 0.3 is 6.09 Å². The zero-order chi connectivity index (χ0) is 35.1. The molecule has 3 N–H and O–H groups in total. The molecule has 0 radical (unpaired) electrons. The van der Waals surface area contributed by atoms with Gasteiger partial charge in [0.1, 0.15) is 18.5 Å². The first-order valence-corrected chi connectivity index (χ1v) is 16.1. The van der Waals surface area contributed by atoms with Gasteiger partial charge in [-0.15, -0.1) is 0 Å². The van der Waals surface area contributed by atoms with Crippen LogP contribution in [0, 0.1) is 12.8 Å². The molecule has 0 bridgehead atoms. The van der Waals surface area contributed by atoms with Gasteiger partial charge in [-0.05, 0) is 43.5 Å². The SMILES string of the molecule is CC.CC(NC(=O)OCc1ccccc1)C1COC1.COc1ccc(C)cc1.O=CNCC(=O)NC(Cc1ccccc1)C(=O)C1CO1. The summed E-state index contributed by atoms with van der Waals surface area (Å²) < 4.78 is 20.1. The Morgan fingerprint density at radius 2 is 1.46 bits per heavy atom. The van der Waals surface area contributed by atoms with E-state index in [1.807, 2.05) is 106 Å². The highest BCUT2D eigenvalue weighted by atomic mass is 16.6. The minimum absolute atomic E-state index is 0.104. The Balaban J connectivity index is 0.000000259. The number of methoxy groups -OCH3 is 1. The smallest absolute Gasteiger partial charge is 0.407 e. The normalized spacial score (nSPS) is 15.3. The average molecular weight is 664 g/mol. The Kier molecular flexibility index (Phi) is 18.7. The maximum atomic E-state index is 12.1. The van der Waals surface area contributed by atoms with Crippen molar-refractivity contribution in [2.45, 2.75) is 58.9 Å². The van der Waals surface area contributed by atoms with Crippen molar-refractivity contribution >= 4 is 24.2 Å². The maximum absolute atomic E-state index is 12.1. The van der Waals surface area contributed by atoms with Crippen molar-refractivity contribution in [3.63, 3.8) is 0 Å². The van der Waals surface area contributed by atoms with E-state index in [0.717, 1.165) is 30.1 Å². The van der Waals surface area contributed by atoms with Crippen molar-refractivity contribution in [3.8, 4) is 5.75 Å². The van der Waals surface area contributed by atoms with Crippen LogP contribution in [0.3, 0.4) is 0 Å². The van der Waals surface area contributed by atoms with Gasteiger partial charge in [0.2, 0.25) is 12.3 Å². The largest absolute Gasteiger partial charge is 0.497 e. The second-order valence-electron chi connectivity index (χ2n) is 10.8. The van der Waals surface area contributed by atoms with E-state index in [-0.39, 0.29) is 24.5 Å². The quantitative estimate of drug-likeness (QED) is 0.180. The lowest BCUT2D eigenvalue weighted by Gasteiger charge is -2.31. The summed E-state index contributed by atoms with van der Waals surface area (Å²) in [5.74, 6) is 0.806. The van der Waals surface area contributed by atoms with E-state index in [0.29, 0.717) is 32.0 Å². The van der Waals surface area contributed by atoms with Crippen LogP contribution < -0.4 is 20.7 Å². The van der Waals surface area contributed by atoms with Crippen molar-refractivity contribution in [1.29, 1.82) is 0 Å².